The molecule has 3 rings (SSSR count). The van der Waals surface area contributed by atoms with E-state index in [0.29, 0.717) is 6.54 Å². The summed E-state index contributed by atoms with van der Waals surface area (Å²) in [5.41, 5.74) is 6.91. The molecule has 0 amide bonds. The first-order valence-electron chi connectivity index (χ1n) is 7.58. The summed E-state index contributed by atoms with van der Waals surface area (Å²) in [4.78, 5) is 0. The molecular formula is C16H22BrNO2S. The zero-order chi connectivity index (χ0) is 14.7. The van der Waals surface area contributed by atoms with Crippen molar-refractivity contribution in [2.45, 2.75) is 43.9 Å². The highest BCUT2D eigenvalue weighted by Gasteiger charge is 2.39. The van der Waals surface area contributed by atoms with E-state index >= 15 is 0 Å². The number of ether oxygens (including phenoxy) is 2. The molecule has 1 aromatic carbocycles. The van der Waals surface area contributed by atoms with E-state index in [4.69, 9.17) is 15.2 Å². The van der Waals surface area contributed by atoms with Crippen LogP contribution in [0.3, 0.4) is 0 Å². The molecule has 116 valence electrons. The van der Waals surface area contributed by atoms with Gasteiger partial charge in [0.15, 0.2) is 0 Å². The Morgan fingerprint density at radius 2 is 2.19 bits per heavy atom. The molecule has 21 heavy (non-hydrogen) atoms. The smallest absolute Gasteiger partial charge is 0.120 e. The topological polar surface area (TPSA) is 44.5 Å². The zero-order valence-electron chi connectivity index (χ0n) is 12.1. The molecule has 1 aromatic rings. The molecule has 2 fully saturated rings. The van der Waals surface area contributed by atoms with E-state index in [2.05, 4.69) is 15.9 Å². The van der Waals surface area contributed by atoms with Gasteiger partial charge in [0.25, 0.3) is 0 Å². The normalized spacial score (nSPS) is 25.0. The van der Waals surface area contributed by atoms with Gasteiger partial charge in [-0.1, -0.05) is 15.9 Å². The average Bonchev–Trinajstić information content (AvgIpc) is 2.50. The minimum absolute atomic E-state index is 0.0697. The number of nitrogens with two attached hydrogens (primary N) is 1. The molecule has 2 aliphatic heterocycles. The van der Waals surface area contributed by atoms with E-state index in [1.165, 1.54) is 11.5 Å². The van der Waals surface area contributed by atoms with E-state index in [9.17, 15) is 0 Å². The molecule has 0 radical (unpaired) electrons. The quantitative estimate of drug-likeness (QED) is 0.878. The maximum absolute atomic E-state index is 6.22. The van der Waals surface area contributed by atoms with Crippen molar-refractivity contribution in [1.82, 2.24) is 0 Å². The number of thioether (sulfide) groups is 1. The second-order valence-corrected chi connectivity index (χ2v) is 7.91. The van der Waals surface area contributed by atoms with Crippen molar-refractivity contribution in [1.29, 1.82) is 0 Å². The summed E-state index contributed by atoms with van der Waals surface area (Å²) in [5.74, 6) is 3.34. The lowest BCUT2D eigenvalue weighted by Crippen LogP contribution is -2.46. The molecule has 1 atom stereocenters. The Balaban J connectivity index is 1.67. The molecular weight excluding hydrogens is 350 g/mol. The number of halogens is 1. The van der Waals surface area contributed by atoms with Gasteiger partial charge >= 0.3 is 0 Å². The van der Waals surface area contributed by atoms with Gasteiger partial charge in [-0.2, -0.15) is 11.8 Å². The van der Waals surface area contributed by atoms with E-state index < -0.39 is 0 Å². The highest BCUT2D eigenvalue weighted by molar-refractivity contribution is 9.10. The molecule has 2 heterocycles. The second-order valence-electron chi connectivity index (χ2n) is 5.83. The second kappa shape index (κ2) is 6.90. The summed E-state index contributed by atoms with van der Waals surface area (Å²) in [6.45, 7) is 1.34. The van der Waals surface area contributed by atoms with Crippen LogP contribution in [0, 0.1) is 0 Å². The molecule has 1 spiro atoms. The van der Waals surface area contributed by atoms with Gasteiger partial charge in [-0.05, 0) is 48.1 Å². The van der Waals surface area contributed by atoms with Crippen molar-refractivity contribution >= 4 is 27.7 Å². The van der Waals surface area contributed by atoms with E-state index in [-0.39, 0.29) is 11.7 Å². The van der Waals surface area contributed by atoms with Crippen molar-refractivity contribution in [2.75, 3.05) is 18.1 Å². The Bertz CT molecular complexity index is 486. The van der Waals surface area contributed by atoms with Crippen LogP contribution in [0.15, 0.2) is 22.7 Å². The molecule has 0 bridgehead atoms. The highest BCUT2D eigenvalue weighted by atomic mass is 79.9. The molecule has 3 nitrogen and oxygen atoms in total. The zero-order valence-corrected chi connectivity index (χ0v) is 14.5. The lowest BCUT2D eigenvalue weighted by atomic mass is 9.86. The van der Waals surface area contributed by atoms with Crippen molar-refractivity contribution < 1.29 is 9.47 Å². The number of hydrogen-bond acceptors (Lipinski definition) is 4. The Morgan fingerprint density at radius 3 is 2.95 bits per heavy atom. The van der Waals surface area contributed by atoms with Crippen LogP contribution in [0.4, 0.5) is 0 Å². The standard InChI is InChI=1S/C16H22BrNO2S/c17-15-2-1-13(9-12(15)11-18)20-14-3-6-19-16(10-14)4-7-21-8-5-16/h1-2,9,14H,3-8,10-11,18H2. The van der Waals surface area contributed by atoms with Crippen LogP contribution in [0.1, 0.15) is 31.2 Å². The summed E-state index contributed by atoms with van der Waals surface area (Å²) in [7, 11) is 0. The van der Waals surface area contributed by atoms with Crippen LogP contribution in [0.25, 0.3) is 0 Å². The van der Waals surface area contributed by atoms with Crippen molar-refractivity contribution in [3.05, 3.63) is 28.2 Å². The van der Waals surface area contributed by atoms with E-state index in [0.717, 1.165) is 48.1 Å². The van der Waals surface area contributed by atoms with E-state index in [1.807, 2.05) is 30.0 Å². The molecule has 2 saturated heterocycles. The van der Waals surface area contributed by atoms with Gasteiger partial charge in [-0.25, -0.2) is 0 Å². The molecule has 2 N–H and O–H groups in total. The van der Waals surface area contributed by atoms with E-state index in [1.54, 1.807) is 0 Å². The van der Waals surface area contributed by atoms with Gasteiger partial charge < -0.3 is 15.2 Å². The van der Waals surface area contributed by atoms with Crippen molar-refractivity contribution in [2.24, 2.45) is 5.73 Å². The maximum atomic E-state index is 6.22. The van der Waals surface area contributed by atoms with Gasteiger partial charge in [-0.3, -0.25) is 0 Å². The van der Waals surface area contributed by atoms with Crippen LogP contribution < -0.4 is 10.5 Å². The minimum atomic E-state index is 0.0697. The largest absolute Gasteiger partial charge is 0.490 e. The Hall–Kier alpha value is -0.230. The first-order chi connectivity index (χ1) is 10.2. The third-order valence-electron chi connectivity index (χ3n) is 4.39. The summed E-state index contributed by atoms with van der Waals surface area (Å²) in [6, 6.07) is 6.08. The molecule has 0 aromatic heterocycles. The van der Waals surface area contributed by atoms with Crippen LogP contribution in [-0.2, 0) is 11.3 Å². The molecule has 5 heteroatoms. The lowest BCUT2D eigenvalue weighted by Gasteiger charge is -2.43. The highest BCUT2D eigenvalue weighted by Crippen LogP contribution is 2.38. The van der Waals surface area contributed by atoms with Crippen LogP contribution >= 0.6 is 27.7 Å². The monoisotopic (exact) mass is 371 g/mol. The fourth-order valence-corrected chi connectivity index (χ4v) is 4.79. The average molecular weight is 372 g/mol. The fourth-order valence-electron chi connectivity index (χ4n) is 3.15. The summed E-state index contributed by atoms with van der Waals surface area (Å²) in [5, 5.41) is 0. The Labute approximate surface area is 139 Å². The summed E-state index contributed by atoms with van der Waals surface area (Å²) < 4.78 is 13.4. The number of benzene rings is 1. The summed E-state index contributed by atoms with van der Waals surface area (Å²) in [6.07, 6.45) is 4.57. The van der Waals surface area contributed by atoms with Crippen LogP contribution in [-0.4, -0.2) is 29.8 Å². The Kier molecular flexibility index (Phi) is 5.15. The molecule has 2 aliphatic rings. The first kappa shape index (κ1) is 15.7. The SMILES string of the molecule is NCc1cc(OC2CCOC3(CCSCC3)C2)ccc1Br. The summed E-state index contributed by atoms with van der Waals surface area (Å²) >= 11 is 5.55. The van der Waals surface area contributed by atoms with Gasteiger partial charge in [-0.15, -0.1) is 0 Å². The van der Waals surface area contributed by atoms with Crippen molar-refractivity contribution in [3.63, 3.8) is 0 Å². The van der Waals surface area contributed by atoms with Gasteiger partial charge in [0, 0.05) is 23.9 Å². The molecule has 1 unspecified atom stereocenters. The molecule has 0 saturated carbocycles. The van der Waals surface area contributed by atoms with Gasteiger partial charge in [0.05, 0.1) is 12.2 Å². The molecule has 0 aliphatic carbocycles. The number of hydrogen-bond donors (Lipinski definition) is 1. The lowest BCUT2D eigenvalue weighted by molar-refractivity contribution is -0.116. The first-order valence-corrected chi connectivity index (χ1v) is 9.52. The van der Waals surface area contributed by atoms with Crippen LogP contribution in [0.2, 0.25) is 0 Å². The third kappa shape index (κ3) is 3.76. The maximum Gasteiger partial charge on any atom is 0.120 e. The number of rotatable bonds is 3. The van der Waals surface area contributed by atoms with Gasteiger partial charge in [0.1, 0.15) is 11.9 Å². The third-order valence-corrected chi connectivity index (χ3v) is 6.15. The minimum Gasteiger partial charge on any atom is -0.490 e. The predicted octanol–water partition coefficient (Wildman–Crippen LogP) is 3.73. The fraction of sp³-hybridized carbons (Fsp3) is 0.625. The van der Waals surface area contributed by atoms with Crippen molar-refractivity contribution in [3.8, 4) is 5.75 Å². The predicted molar refractivity (Wildman–Crippen MR) is 90.9 cm³/mol. The Morgan fingerprint density at radius 1 is 1.38 bits per heavy atom. The van der Waals surface area contributed by atoms with Crippen LogP contribution in [0.5, 0.6) is 5.75 Å². The van der Waals surface area contributed by atoms with Gasteiger partial charge in [0.2, 0.25) is 0 Å².